The van der Waals surface area contributed by atoms with Gasteiger partial charge in [0.15, 0.2) is 0 Å². The lowest BCUT2D eigenvalue weighted by atomic mass is 10.0. The summed E-state index contributed by atoms with van der Waals surface area (Å²) in [6.45, 7) is 3.65. The van der Waals surface area contributed by atoms with E-state index in [2.05, 4.69) is 20.2 Å². The lowest BCUT2D eigenvalue weighted by Crippen LogP contribution is -2.27. The van der Waals surface area contributed by atoms with Gasteiger partial charge in [0.2, 0.25) is 9.47 Å². The molecule has 0 saturated heterocycles. The molecule has 2 aromatic carbocycles. The minimum Gasteiger partial charge on any atom is -0.296 e. The molecule has 0 radical (unpaired) electrons. The van der Waals surface area contributed by atoms with Gasteiger partial charge in [-0.15, -0.1) is 10.2 Å². The quantitative estimate of drug-likeness (QED) is 0.518. The van der Waals surface area contributed by atoms with Crippen LogP contribution in [0.4, 0.5) is 5.13 Å². The lowest BCUT2D eigenvalue weighted by molar-refractivity contribution is 0.102. The number of benzene rings is 2. The van der Waals surface area contributed by atoms with Crippen molar-refractivity contribution in [3.63, 3.8) is 0 Å². The molecule has 1 atom stereocenters. The zero-order valence-corrected chi connectivity index (χ0v) is 18.5. The van der Waals surface area contributed by atoms with Gasteiger partial charge in [0, 0.05) is 11.1 Å². The maximum atomic E-state index is 12.6. The van der Waals surface area contributed by atoms with Crippen molar-refractivity contribution in [2.24, 2.45) is 0 Å². The van der Waals surface area contributed by atoms with Crippen LogP contribution in [0.2, 0.25) is 10.0 Å². The molecule has 11 heteroatoms. The summed E-state index contributed by atoms with van der Waals surface area (Å²) in [5.74, 6) is -0.548. The van der Waals surface area contributed by atoms with Crippen LogP contribution in [0, 0.1) is 6.92 Å². The molecule has 0 bridgehead atoms. The fraction of sp³-hybridized carbons (Fsp3) is 0.167. The molecule has 1 heterocycles. The SMILES string of the molecule is Cc1ccccc1[C@H](C)NS(=O)(=O)c1nnc(NC(=O)c2ccc(Cl)cc2Cl)s1. The Labute approximate surface area is 182 Å². The Morgan fingerprint density at radius 2 is 1.86 bits per heavy atom. The number of aromatic nitrogens is 2. The molecule has 3 rings (SSSR count). The highest BCUT2D eigenvalue weighted by Crippen LogP contribution is 2.26. The first-order chi connectivity index (χ1) is 13.7. The molecule has 7 nitrogen and oxygen atoms in total. The number of amides is 1. The van der Waals surface area contributed by atoms with Gasteiger partial charge >= 0.3 is 0 Å². The largest absolute Gasteiger partial charge is 0.296 e. The van der Waals surface area contributed by atoms with Crippen LogP contribution >= 0.6 is 34.5 Å². The highest BCUT2D eigenvalue weighted by Gasteiger charge is 2.24. The predicted molar refractivity (Wildman–Crippen MR) is 114 cm³/mol. The van der Waals surface area contributed by atoms with Crippen LogP contribution in [-0.4, -0.2) is 24.5 Å². The van der Waals surface area contributed by atoms with E-state index < -0.39 is 22.0 Å². The van der Waals surface area contributed by atoms with Crippen molar-refractivity contribution in [2.45, 2.75) is 24.2 Å². The molecule has 0 aliphatic rings. The first kappa shape index (κ1) is 21.7. The molecule has 3 aromatic rings. The number of nitrogens with zero attached hydrogens (tertiary/aromatic N) is 2. The van der Waals surface area contributed by atoms with Crippen molar-refractivity contribution < 1.29 is 13.2 Å². The second-order valence-electron chi connectivity index (χ2n) is 6.15. The van der Waals surface area contributed by atoms with E-state index in [1.807, 2.05) is 31.2 Å². The van der Waals surface area contributed by atoms with Gasteiger partial charge in [-0.3, -0.25) is 10.1 Å². The van der Waals surface area contributed by atoms with Crippen LogP contribution in [0.5, 0.6) is 0 Å². The Hall–Kier alpha value is -2.04. The van der Waals surface area contributed by atoms with E-state index in [0.717, 1.165) is 22.5 Å². The van der Waals surface area contributed by atoms with Crippen LogP contribution in [-0.2, 0) is 10.0 Å². The lowest BCUT2D eigenvalue weighted by Gasteiger charge is -2.15. The van der Waals surface area contributed by atoms with Crippen molar-refractivity contribution in [2.75, 3.05) is 5.32 Å². The molecule has 1 aromatic heterocycles. The van der Waals surface area contributed by atoms with Crippen molar-refractivity contribution in [1.29, 1.82) is 0 Å². The number of halogens is 2. The third-order valence-electron chi connectivity index (χ3n) is 4.02. The summed E-state index contributed by atoms with van der Waals surface area (Å²) in [5, 5.41) is 10.5. The molecule has 0 fully saturated rings. The number of aryl methyl sites for hydroxylation is 1. The molecule has 0 aliphatic carbocycles. The van der Waals surface area contributed by atoms with E-state index in [4.69, 9.17) is 23.2 Å². The molecule has 2 N–H and O–H groups in total. The molecule has 0 unspecified atom stereocenters. The summed E-state index contributed by atoms with van der Waals surface area (Å²) in [6, 6.07) is 11.4. The average molecular weight is 471 g/mol. The molecule has 152 valence electrons. The Bertz CT molecular complexity index is 1170. The van der Waals surface area contributed by atoms with Crippen molar-refractivity contribution in [3.8, 4) is 0 Å². The number of hydrogen-bond donors (Lipinski definition) is 2. The fourth-order valence-electron chi connectivity index (χ4n) is 2.63. The number of sulfonamides is 1. The predicted octanol–water partition coefficient (Wildman–Crippen LogP) is 4.45. The van der Waals surface area contributed by atoms with Crippen LogP contribution in [0.3, 0.4) is 0 Å². The zero-order valence-electron chi connectivity index (χ0n) is 15.3. The van der Waals surface area contributed by atoms with Gasteiger partial charge in [0.05, 0.1) is 10.6 Å². The summed E-state index contributed by atoms with van der Waals surface area (Å²) in [6.07, 6.45) is 0. The normalized spacial score (nSPS) is 12.6. The van der Waals surface area contributed by atoms with Crippen molar-refractivity contribution >= 4 is 55.6 Å². The van der Waals surface area contributed by atoms with E-state index in [1.165, 1.54) is 18.2 Å². The van der Waals surface area contributed by atoms with Crippen molar-refractivity contribution in [3.05, 3.63) is 69.2 Å². The number of rotatable bonds is 6. The summed E-state index contributed by atoms with van der Waals surface area (Å²) in [7, 11) is -3.92. The maximum absolute atomic E-state index is 12.6. The second kappa shape index (κ2) is 8.76. The number of anilines is 1. The number of hydrogen-bond acceptors (Lipinski definition) is 6. The standard InChI is InChI=1S/C18H16Cl2N4O3S2/c1-10-5-3-4-6-13(10)11(2)24-29(26,27)18-23-22-17(28-18)21-16(25)14-8-7-12(19)9-15(14)20/h3-9,11,24H,1-2H3,(H,21,22,25)/t11-/m0/s1. The summed E-state index contributed by atoms with van der Waals surface area (Å²) >= 11 is 12.6. The molecule has 29 heavy (non-hydrogen) atoms. The summed E-state index contributed by atoms with van der Waals surface area (Å²) < 4.78 is 27.6. The third kappa shape index (κ3) is 5.12. The first-order valence-electron chi connectivity index (χ1n) is 8.35. The monoisotopic (exact) mass is 470 g/mol. The second-order valence-corrected chi connectivity index (χ2v) is 9.86. The van der Waals surface area contributed by atoms with Gasteiger partial charge in [-0.2, -0.15) is 0 Å². The highest BCUT2D eigenvalue weighted by atomic mass is 35.5. The number of nitrogens with one attached hydrogen (secondary N) is 2. The Balaban J connectivity index is 1.74. The van der Waals surface area contributed by atoms with Crippen LogP contribution in [0.15, 0.2) is 46.8 Å². The van der Waals surface area contributed by atoms with Crippen LogP contribution in [0.25, 0.3) is 0 Å². The maximum Gasteiger partial charge on any atom is 0.270 e. The molecule has 0 saturated carbocycles. The molecule has 0 spiro atoms. The van der Waals surface area contributed by atoms with Gasteiger partial charge in [0.1, 0.15) is 0 Å². The molecule has 0 aliphatic heterocycles. The fourth-order valence-corrected chi connectivity index (χ4v) is 5.25. The summed E-state index contributed by atoms with van der Waals surface area (Å²) in [4.78, 5) is 12.3. The van der Waals surface area contributed by atoms with E-state index in [9.17, 15) is 13.2 Å². The van der Waals surface area contributed by atoms with E-state index in [1.54, 1.807) is 6.92 Å². The summed E-state index contributed by atoms with van der Waals surface area (Å²) in [5.41, 5.74) is 2.00. The van der Waals surface area contributed by atoms with Crippen LogP contribution < -0.4 is 10.0 Å². The number of carbonyl (C=O) groups excluding carboxylic acids is 1. The van der Waals surface area contributed by atoms with Crippen molar-refractivity contribution in [1.82, 2.24) is 14.9 Å². The van der Waals surface area contributed by atoms with E-state index in [-0.39, 0.29) is 20.1 Å². The molecular weight excluding hydrogens is 455 g/mol. The smallest absolute Gasteiger partial charge is 0.270 e. The van der Waals surface area contributed by atoms with Gasteiger partial charge in [0.25, 0.3) is 15.9 Å². The van der Waals surface area contributed by atoms with Gasteiger partial charge in [-0.1, -0.05) is 58.8 Å². The highest BCUT2D eigenvalue weighted by molar-refractivity contribution is 7.91. The molecule has 1 amide bonds. The van der Waals surface area contributed by atoms with Gasteiger partial charge in [-0.25, -0.2) is 13.1 Å². The minimum atomic E-state index is -3.92. The topological polar surface area (TPSA) is 101 Å². The average Bonchev–Trinajstić information content (AvgIpc) is 3.11. The van der Waals surface area contributed by atoms with Gasteiger partial charge in [-0.05, 0) is 43.2 Å². The van der Waals surface area contributed by atoms with E-state index >= 15 is 0 Å². The third-order valence-corrected chi connectivity index (χ3v) is 7.31. The van der Waals surface area contributed by atoms with Gasteiger partial charge < -0.3 is 0 Å². The Morgan fingerprint density at radius 3 is 2.55 bits per heavy atom. The minimum absolute atomic E-state index is 0.0323. The Kier molecular flexibility index (Phi) is 6.55. The number of carbonyl (C=O) groups is 1. The molecular formula is C18H16Cl2N4O3S2. The van der Waals surface area contributed by atoms with Crippen LogP contribution in [0.1, 0.15) is 34.5 Å². The first-order valence-corrected chi connectivity index (χ1v) is 11.4. The Morgan fingerprint density at radius 1 is 1.14 bits per heavy atom. The zero-order chi connectivity index (χ0) is 21.2. The van der Waals surface area contributed by atoms with E-state index in [0.29, 0.717) is 5.02 Å².